The van der Waals surface area contributed by atoms with Crippen LogP contribution in [0.1, 0.15) is 48.5 Å². The molecule has 1 rings (SSSR count). The Balaban J connectivity index is 2.66. The number of phenolic OH excluding ortho intramolecular Hbond substituents is 1. The fourth-order valence-electron chi connectivity index (χ4n) is 1.81. The Bertz CT molecular complexity index is 463. The second-order valence-corrected chi connectivity index (χ2v) is 4.49. The van der Waals surface area contributed by atoms with Gasteiger partial charge in [0.1, 0.15) is 5.56 Å². The Morgan fingerprint density at radius 3 is 2.58 bits per heavy atom. The maximum atomic E-state index is 10.9. The van der Waals surface area contributed by atoms with Crippen molar-refractivity contribution in [1.29, 1.82) is 0 Å². The predicted molar refractivity (Wildman–Crippen MR) is 73.7 cm³/mol. The monoisotopic (exact) mass is 264 g/mol. The van der Waals surface area contributed by atoms with Gasteiger partial charge in [-0.15, -0.1) is 0 Å². The number of benzene rings is 1. The number of aromatic hydroxyl groups is 2. The van der Waals surface area contributed by atoms with E-state index in [1.54, 1.807) is 0 Å². The van der Waals surface area contributed by atoms with Crippen LogP contribution in [0.25, 0.3) is 0 Å². The quantitative estimate of drug-likeness (QED) is 0.400. The van der Waals surface area contributed by atoms with Gasteiger partial charge in [-0.2, -0.15) is 0 Å². The first-order chi connectivity index (χ1) is 9.06. The normalized spacial score (nSPS) is 11.0. The van der Waals surface area contributed by atoms with E-state index in [-0.39, 0.29) is 5.56 Å². The lowest BCUT2D eigenvalue weighted by molar-refractivity contribution is 0.0693. The maximum absolute atomic E-state index is 10.9. The van der Waals surface area contributed by atoms with Gasteiger partial charge in [0, 0.05) is 0 Å². The summed E-state index contributed by atoms with van der Waals surface area (Å²) in [6.45, 7) is 2.15. The first-order valence-electron chi connectivity index (χ1n) is 6.49. The van der Waals surface area contributed by atoms with Crippen LogP contribution in [0.3, 0.4) is 0 Å². The third-order valence-electron chi connectivity index (χ3n) is 2.87. The van der Waals surface area contributed by atoms with Gasteiger partial charge >= 0.3 is 5.97 Å². The fourth-order valence-corrected chi connectivity index (χ4v) is 1.81. The number of hydrogen-bond acceptors (Lipinski definition) is 3. The van der Waals surface area contributed by atoms with Crippen molar-refractivity contribution in [2.75, 3.05) is 0 Å². The van der Waals surface area contributed by atoms with Gasteiger partial charge in [-0.3, -0.25) is 0 Å². The molecule has 3 N–H and O–H groups in total. The van der Waals surface area contributed by atoms with Crippen molar-refractivity contribution in [3.63, 3.8) is 0 Å². The summed E-state index contributed by atoms with van der Waals surface area (Å²) >= 11 is 0. The van der Waals surface area contributed by atoms with Crippen LogP contribution in [0, 0.1) is 0 Å². The van der Waals surface area contributed by atoms with Crippen molar-refractivity contribution in [3.8, 4) is 11.5 Å². The fraction of sp³-hybridized carbons (Fsp3) is 0.400. The number of phenols is 2. The number of carboxylic acids is 1. The summed E-state index contributed by atoms with van der Waals surface area (Å²) < 4.78 is 0. The van der Waals surface area contributed by atoms with Crippen molar-refractivity contribution >= 4 is 5.97 Å². The molecule has 0 saturated heterocycles. The number of carbonyl (C=O) groups is 1. The summed E-state index contributed by atoms with van der Waals surface area (Å²) in [5, 5.41) is 27.8. The van der Waals surface area contributed by atoms with E-state index in [1.165, 1.54) is 25.0 Å². The molecule has 0 aliphatic rings. The molecule has 0 atom stereocenters. The van der Waals surface area contributed by atoms with Crippen molar-refractivity contribution in [1.82, 2.24) is 0 Å². The predicted octanol–water partition coefficient (Wildman–Crippen LogP) is 3.48. The van der Waals surface area contributed by atoms with Crippen LogP contribution in [-0.2, 0) is 6.42 Å². The van der Waals surface area contributed by atoms with Gasteiger partial charge in [0.2, 0.25) is 0 Å². The first kappa shape index (κ1) is 15.1. The second kappa shape index (κ2) is 7.46. The molecule has 0 saturated carbocycles. The average Bonchev–Trinajstić information content (AvgIpc) is 2.37. The minimum absolute atomic E-state index is 0.269. The lowest BCUT2D eigenvalue weighted by atomic mass is 10.1. The van der Waals surface area contributed by atoms with Crippen LogP contribution >= 0.6 is 0 Å². The molecule has 19 heavy (non-hydrogen) atoms. The first-order valence-corrected chi connectivity index (χ1v) is 6.49. The van der Waals surface area contributed by atoms with E-state index in [0.29, 0.717) is 12.0 Å². The number of carboxylic acid groups (broad SMARTS) is 1. The molecule has 0 spiro atoms. The summed E-state index contributed by atoms with van der Waals surface area (Å²) in [5.41, 5.74) is 0.397. The van der Waals surface area contributed by atoms with Crippen molar-refractivity contribution in [2.45, 2.75) is 39.0 Å². The van der Waals surface area contributed by atoms with Crippen LogP contribution in [-0.4, -0.2) is 21.3 Å². The van der Waals surface area contributed by atoms with Gasteiger partial charge in [-0.1, -0.05) is 31.9 Å². The van der Waals surface area contributed by atoms with Gasteiger partial charge in [0.25, 0.3) is 0 Å². The lowest BCUT2D eigenvalue weighted by Gasteiger charge is -2.05. The van der Waals surface area contributed by atoms with E-state index >= 15 is 0 Å². The molecule has 0 bridgehead atoms. The number of unbranched alkanes of at least 4 members (excludes halogenated alkanes) is 3. The average molecular weight is 264 g/mol. The van der Waals surface area contributed by atoms with Gasteiger partial charge < -0.3 is 15.3 Å². The highest BCUT2D eigenvalue weighted by Gasteiger charge is 2.14. The van der Waals surface area contributed by atoms with Crippen LogP contribution in [0.15, 0.2) is 24.3 Å². The molecule has 0 unspecified atom stereocenters. The minimum Gasteiger partial charge on any atom is -0.504 e. The topological polar surface area (TPSA) is 77.8 Å². The number of aromatic carboxylic acids is 1. The Kier molecular flexibility index (Phi) is 5.93. The molecule has 0 fully saturated rings. The molecule has 0 aliphatic carbocycles. The van der Waals surface area contributed by atoms with E-state index in [0.717, 1.165) is 12.8 Å². The van der Waals surface area contributed by atoms with Gasteiger partial charge in [-0.25, -0.2) is 4.79 Å². The molecule has 0 heterocycles. The zero-order valence-electron chi connectivity index (χ0n) is 11.1. The summed E-state index contributed by atoms with van der Waals surface area (Å²) in [7, 11) is 0. The molecular weight excluding hydrogens is 244 g/mol. The van der Waals surface area contributed by atoms with E-state index in [9.17, 15) is 15.0 Å². The standard InChI is InChI=1S/C15H20O4/c1-2-3-4-5-6-7-8-11-9-12(15(18)19)14(17)13(16)10-11/h6-7,9-10,16-17H,2-5,8H2,1H3,(H,18,19)/b7-6+. The number of allylic oxidation sites excluding steroid dienone is 2. The molecule has 104 valence electrons. The molecule has 4 heteroatoms. The van der Waals surface area contributed by atoms with Gasteiger partial charge in [-0.05, 0) is 37.0 Å². The molecule has 0 amide bonds. The van der Waals surface area contributed by atoms with Crippen molar-refractivity contribution in [3.05, 3.63) is 35.4 Å². The Morgan fingerprint density at radius 2 is 1.95 bits per heavy atom. The van der Waals surface area contributed by atoms with E-state index < -0.39 is 17.5 Å². The highest BCUT2D eigenvalue weighted by atomic mass is 16.4. The molecule has 1 aromatic rings. The Morgan fingerprint density at radius 1 is 1.21 bits per heavy atom. The lowest BCUT2D eigenvalue weighted by Crippen LogP contribution is -1.98. The molecule has 4 nitrogen and oxygen atoms in total. The Labute approximate surface area is 113 Å². The smallest absolute Gasteiger partial charge is 0.339 e. The second-order valence-electron chi connectivity index (χ2n) is 4.49. The van der Waals surface area contributed by atoms with Crippen LogP contribution in [0.5, 0.6) is 11.5 Å². The SMILES string of the molecule is CCCCC/C=C/Cc1cc(O)c(O)c(C(=O)O)c1. The summed E-state index contributed by atoms with van der Waals surface area (Å²) in [5.74, 6) is -2.22. The van der Waals surface area contributed by atoms with E-state index in [2.05, 4.69) is 13.0 Å². The number of rotatable bonds is 7. The molecule has 0 radical (unpaired) electrons. The molecule has 1 aromatic carbocycles. The third kappa shape index (κ3) is 4.66. The zero-order valence-corrected chi connectivity index (χ0v) is 11.1. The van der Waals surface area contributed by atoms with Crippen LogP contribution in [0.2, 0.25) is 0 Å². The number of hydrogen-bond donors (Lipinski definition) is 3. The van der Waals surface area contributed by atoms with Crippen molar-refractivity contribution < 1.29 is 20.1 Å². The van der Waals surface area contributed by atoms with Gasteiger partial charge in [0.05, 0.1) is 0 Å². The van der Waals surface area contributed by atoms with Crippen LogP contribution < -0.4 is 0 Å². The highest BCUT2D eigenvalue weighted by Crippen LogP contribution is 2.30. The van der Waals surface area contributed by atoms with Gasteiger partial charge in [0.15, 0.2) is 11.5 Å². The van der Waals surface area contributed by atoms with Crippen molar-refractivity contribution in [2.24, 2.45) is 0 Å². The summed E-state index contributed by atoms with van der Waals surface area (Å²) in [6, 6.07) is 2.77. The van der Waals surface area contributed by atoms with Crippen LogP contribution in [0.4, 0.5) is 0 Å². The largest absolute Gasteiger partial charge is 0.504 e. The van der Waals surface area contributed by atoms with E-state index in [1.807, 2.05) is 6.08 Å². The minimum atomic E-state index is -1.25. The van der Waals surface area contributed by atoms with E-state index in [4.69, 9.17) is 5.11 Å². The molecule has 0 aliphatic heterocycles. The molecular formula is C15H20O4. The summed E-state index contributed by atoms with van der Waals surface area (Å²) in [6.07, 6.45) is 9.08. The highest BCUT2D eigenvalue weighted by molar-refractivity contribution is 5.92. The Hall–Kier alpha value is -1.97. The summed E-state index contributed by atoms with van der Waals surface area (Å²) in [4.78, 5) is 10.9. The molecule has 0 aromatic heterocycles. The zero-order chi connectivity index (χ0) is 14.3. The maximum Gasteiger partial charge on any atom is 0.339 e. The third-order valence-corrected chi connectivity index (χ3v) is 2.87.